The van der Waals surface area contributed by atoms with E-state index >= 15 is 4.39 Å². The van der Waals surface area contributed by atoms with Gasteiger partial charge in [-0.1, -0.05) is 12.1 Å². The van der Waals surface area contributed by atoms with Crippen LogP contribution in [0.5, 0.6) is 23.0 Å². The Bertz CT molecular complexity index is 1500. The van der Waals surface area contributed by atoms with Crippen molar-refractivity contribution in [2.75, 3.05) is 25.7 Å². The van der Waals surface area contributed by atoms with Gasteiger partial charge in [-0.25, -0.2) is 23.9 Å². The van der Waals surface area contributed by atoms with Crippen molar-refractivity contribution in [3.63, 3.8) is 0 Å². The molecule has 0 spiro atoms. The molecule has 1 atom stereocenters. The molecule has 1 fully saturated rings. The molecular weight excluding hydrogens is 481 g/mol. The number of ether oxygens (including phenoxy) is 3. The predicted octanol–water partition coefficient (Wildman–Crippen LogP) is 4.64. The SMILES string of the molecule is COc1cc2nccc(Oc3ccc([C@@H]4CN(C(N)=O)C(=O)N4c4ccccn4)cc3F)c2cc1OC. The Kier molecular flexibility index (Phi) is 6.18. The number of aromatic nitrogens is 2. The lowest BCUT2D eigenvalue weighted by molar-refractivity contribution is 0.206. The van der Waals surface area contributed by atoms with Gasteiger partial charge in [-0.05, 0) is 42.0 Å². The smallest absolute Gasteiger partial charge is 0.334 e. The zero-order valence-corrected chi connectivity index (χ0v) is 19.9. The minimum atomic E-state index is -0.898. The van der Waals surface area contributed by atoms with E-state index in [0.717, 1.165) is 4.90 Å². The molecule has 37 heavy (non-hydrogen) atoms. The van der Waals surface area contributed by atoms with E-state index in [-0.39, 0.29) is 12.3 Å². The monoisotopic (exact) mass is 503 g/mol. The van der Waals surface area contributed by atoms with Gasteiger partial charge >= 0.3 is 12.1 Å². The van der Waals surface area contributed by atoms with Crippen molar-refractivity contribution >= 4 is 28.8 Å². The lowest BCUT2D eigenvalue weighted by Gasteiger charge is -2.22. The number of halogens is 1. The number of carbonyl (C=O) groups is 2. The summed E-state index contributed by atoms with van der Waals surface area (Å²) in [6.07, 6.45) is 3.07. The molecule has 0 aliphatic carbocycles. The number of pyridine rings is 2. The van der Waals surface area contributed by atoms with Gasteiger partial charge in [-0.15, -0.1) is 0 Å². The quantitative estimate of drug-likeness (QED) is 0.407. The fourth-order valence-electron chi connectivity index (χ4n) is 4.25. The van der Waals surface area contributed by atoms with Gasteiger partial charge in [0.15, 0.2) is 23.1 Å². The summed E-state index contributed by atoms with van der Waals surface area (Å²) in [5.74, 6) is 0.964. The number of hydrogen-bond donors (Lipinski definition) is 1. The number of nitrogens with two attached hydrogens (primary N) is 1. The zero-order valence-electron chi connectivity index (χ0n) is 19.9. The number of nitrogens with zero attached hydrogens (tertiary/aromatic N) is 4. The Morgan fingerprint density at radius 1 is 0.973 bits per heavy atom. The third kappa shape index (κ3) is 4.31. The van der Waals surface area contributed by atoms with E-state index in [2.05, 4.69) is 9.97 Å². The first kappa shape index (κ1) is 23.8. The second kappa shape index (κ2) is 9.61. The largest absolute Gasteiger partial charge is 0.493 e. The first-order chi connectivity index (χ1) is 17.9. The summed E-state index contributed by atoms with van der Waals surface area (Å²) < 4.78 is 31.9. The molecule has 188 valence electrons. The van der Waals surface area contributed by atoms with Gasteiger partial charge in [0.2, 0.25) is 0 Å². The molecule has 1 saturated heterocycles. The van der Waals surface area contributed by atoms with Crippen LogP contribution in [0, 0.1) is 5.82 Å². The second-order valence-corrected chi connectivity index (χ2v) is 8.13. The summed E-state index contributed by atoms with van der Waals surface area (Å²) in [4.78, 5) is 35.5. The lowest BCUT2D eigenvalue weighted by Crippen LogP contribution is -2.39. The van der Waals surface area contributed by atoms with E-state index in [9.17, 15) is 9.59 Å². The van der Waals surface area contributed by atoms with Crippen LogP contribution < -0.4 is 24.8 Å². The first-order valence-corrected chi connectivity index (χ1v) is 11.2. The van der Waals surface area contributed by atoms with Gasteiger partial charge in [0.1, 0.15) is 11.6 Å². The Balaban J connectivity index is 1.49. The number of rotatable bonds is 6. The summed E-state index contributed by atoms with van der Waals surface area (Å²) in [6.45, 7) is -0.0546. The van der Waals surface area contributed by atoms with Gasteiger partial charge in [-0.2, -0.15) is 0 Å². The number of hydrogen-bond acceptors (Lipinski definition) is 7. The fourth-order valence-corrected chi connectivity index (χ4v) is 4.25. The number of benzene rings is 2. The van der Waals surface area contributed by atoms with Crippen LogP contribution in [0.4, 0.5) is 19.8 Å². The van der Waals surface area contributed by atoms with Crippen LogP contribution >= 0.6 is 0 Å². The predicted molar refractivity (Wildman–Crippen MR) is 132 cm³/mol. The van der Waals surface area contributed by atoms with Crippen molar-refractivity contribution in [2.24, 2.45) is 5.73 Å². The van der Waals surface area contributed by atoms with Crippen LogP contribution in [0.1, 0.15) is 11.6 Å². The molecular formula is C26H22FN5O5. The third-order valence-corrected chi connectivity index (χ3v) is 6.03. The number of anilines is 1. The van der Waals surface area contributed by atoms with E-state index in [4.69, 9.17) is 19.9 Å². The third-order valence-electron chi connectivity index (χ3n) is 6.03. The molecule has 2 aromatic heterocycles. The topological polar surface area (TPSA) is 120 Å². The van der Waals surface area contributed by atoms with Crippen molar-refractivity contribution in [2.45, 2.75) is 6.04 Å². The van der Waals surface area contributed by atoms with Crippen molar-refractivity contribution in [3.8, 4) is 23.0 Å². The standard InChI is InChI=1S/C26H22FN5O5/c1-35-22-12-16-18(13-23(22)36-2)29-10-8-20(16)37-21-7-6-15(11-17(21)27)19-14-31(25(28)33)26(34)32(19)24-5-3-4-9-30-24/h3-13,19H,14H2,1-2H3,(H2,28,33)/t19-/m0/s1. The maximum absolute atomic E-state index is 15.3. The molecule has 1 aliphatic rings. The number of carbonyl (C=O) groups excluding carboxylic acids is 2. The van der Waals surface area contributed by atoms with E-state index in [1.807, 2.05) is 0 Å². The number of urea groups is 2. The molecule has 11 heteroatoms. The molecule has 1 aliphatic heterocycles. The molecule has 5 rings (SSSR count). The highest BCUT2D eigenvalue weighted by Gasteiger charge is 2.42. The molecule has 0 unspecified atom stereocenters. The summed E-state index contributed by atoms with van der Waals surface area (Å²) in [5.41, 5.74) is 6.42. The molecule has 0 bridgehead atoms. The van der Waals surface area contributed by atoms with Crippen LogP contribution in [0.15, 0.2) is 67.0 Å². The van der Waals surface area contributed by atoms with Crippen LogP contribution in [0.3, 0.4) is 0 Å². The molecule has 0 radical (unpaired) electrons. The van der Waals surface area contributed by atoms with E-state index in [1.165, 1.54) is 37.4 Å². The van der Waals surface area contributed by atoms with Crippen LogP contribution in [-0.4, -0.2) is 47.7 Å². The Labute approximate surface area is 211 Å². The van der Waals surface area contributed by atoms with E-state index < -0.39 is 23.9 Å². The van der Waals surface area contributed by atoms with E-state index in [1.54, 1.807) is 48.7 Å². The highest BCUT2D eigenvalue weighted by molar-refractivity contribution is 6.04. The fraction of sp³-hybridized carbons (Fsp3) is 0.154. The van der Waals surface area contributed by atoms with Gasteiger partial charge in [-0.3, -0.25) is 9.88 Å². The second-order valence-electron chi connectivity index (χ2n) is 8.13. The average molecular weight is 503 g/mol. The zero-order chi connectivity index (χ0) is 26.1. The number of methoxy groups -OCH3 is 2. The summed E-state index contributed by atoms with van der Waals surface area (Å²) in [7, 11) is 3.04. The van der Waals surface area contributed by atoms with E-state index in [0.29, 0.717) is 39.5 Å². The molecule has 2 aromatic carbocycles. The van der Waals surface area contributed by atoms with Crippen molar-refractivity contribution in [3.05, 3.63) is 78.4 Å². The molecule has 0 saturated carbocycles. The molecule has 10 nitrogen and oxygen atoms in total. The van der Waals surface area contributed by atoms with Gasteiger partial charge in [0.05, 0.1) is 32.3 Å². The Morgan fingerprint density at radius 2 is 1.76 bits per heavy atom. The molecule has 4 aromatic rings. The molecule has 4 amide bonds. The normalized spacial score (nSPS) is 15.2. The van der Waals surface area contributed by atoms with Crippen molar-refractivity contribution in [1.82, 2.24) is 14.9 Å². The van der Waals surface area contributed by atoms with Crippen LogP contribution in [0.25, 0.3) is 10.9 Å². The Morgan fingerprint density at radius 3 is 2.43 bits per heavy atom. The van der Waals surface area contributed by atoms with Gasteiger partial charge < -0.3 is 19.9 Å². The maximum Gasteiger partial charge on any atom is 0.334 e. The van der Waals surface area contributed by atoms with Crippen LogP contribution in [-0.2, 0) is 0 Å². The number of imide groups is 1. The highest BCUT2D eigenvalue weighted by atomic mass is 19.1. The van der Waals surface area contributed by atoms with Gasteiger partial charge in [0.25, 0.3) is 0 Å². The summed E-state index contributed by atoms with van der Waals surface area (Å²) >= 11 is 0. The molecule has 3 heterocycles. The number of fused-ring (bicyclic) bond motifs is 1. The van der Waals surface area contributed by atoms with Crippen molar-refractivity contribution < 1.29 is 28.2 Å². The lowest BCUT2D eigenvalue weighted by atomic mass is 10.1. The minimum Gasteiger partial charge on any atom is -0.493 e. The summed E-state index contributed by atoms with van der Waals surface area (Å²) in [6, 6.07) is 12.2. The Hall–Kier alpha value is -4.93. The maximum atomic E-state index is 15.3. The van der Waals surface area contributed by atoms with Gasteiger partial charge in [0, 0.05) is 23.8 Å². The highest BCUT2D eigenvalue weighted by Crippen LogP contribution is 2.39. The first-order valence-electron chi connectivity index (χ1n) is 11.2. The number of amides is 4. The minimum absolute atomic E-state index is 0.0356. The molecule has 2 N–H and O–H groups in total. The van der Waals surface area contributed by atoms with Crippen molar-refractivity contribution in [1.29, 1.82) is 0 Å². The average Bonchev–Trinajstić information content (AvgIpc) is 3.26. The summed E-state index contributed by atoms with van der Waals surface area (Å²) in [5, 5.41) is 0.600. The van der Waals surface area contributed by atoms with Crippen LogP contribution in [0.2, 0.25) is 0 Å². The number of primary amides is 1.